The Balaban J connectivity index is 2.10. The molecular formula is C15H22N2. The summed E-state index contributed by atoms with van der Waals surface area (Å²) in [4.78, 5) is 0. The molecule has 92 valence electrons. The molecule has 2 heteroatoms. The quantitative estimate of drug-likeness (QED) is 0.780. The van der Waals surface area contributed by atoms with Crippen LogP contribution in [0.15, 0.2) is 30.4 Å². The minimum Gasteiger partial charge on any atom is -0.329 e. The minimum absolute atomic E-state index is 0.276. The highest BCUT2D eigenvalue weighted by molar-refractivity contribution is 5.31. The number of nitrogens with one attached hydrogen (secondary N) is 1. The van der Waals surface area contributed by atoms with Crippen LogP contribution in [0.25, 0.3) is 0 Å². The topological polar surface area (TPSA) is 38.0 Å². The largest absolute Gasteiger partial charge is 0.329 e. The van der Waals surface area contributed by atoms with Crippen LogP contribution in [0.5, 0.6) is 0 Å². The summed E-state index contributed by atoms with van der Waals surface area (Å²) >= 11 is 0. The molecule has 0 aromatic heterocycles. The Labute approximate surface area is 104 Å². The fraction of sp³-hybridized carbons (Fsp3) is 0.467. The van der Waals surface area contributed by atoms with Crippen molar-refractivity contribution in [1.82, 2.24) is 5.32 Å². The maximum atomic E-state index is 5.90. The second-order valence-electron chi connectivity index (χ2n) is 5.02. The molecule has 0 spiro atoms. The molecule has 1 aliphatic carbocycles. The summed E-state index contributed by atoms with van der Waals surface area (Å²) in [5.74, 6) is 0. The van der Waals surface area contributed by atoms with Crippen molar-refractivity contribution in [3.8, 4) is 0 Å². The van der Waals surface area contributed by atoms with Gasteiger partial charge >= 0.3 is 0 Å². The molecule has 2 rings (SSSR count). The third-order valence-electron chi connectivity index (χ3n) is 3.33. The molecule has 1 unspecified atom stereocenters. The predicted molar refractivity (Wildman–Crippen MR) is 73.0 cm³/mol. The van der Waals surface area contributed by atoms with Gasteiger partial charge in [-0.2, -0.15) is 0 Å². The van der Waals surface area contributed by atoms with Gasteiger partial charge in [0.1, 0.15) is 0 Å². The number of aryl methyl sites for hydroxylation is 2. The maximum Gasteiger partial charge on any atom is 0.0447 e. The Kier molecular flexibility index (Phi) is 3.97. The molecule has 0 fully saturated rings. The number of rotatable bonds is 4. The molecule has 0 heterocycles. The van der Waals surface area contributed by atoms with Crippen molar-refractivity contribution in [2.75, 3.05) is 6.54 Å². The van der Waals surface area contributed by atoms with Gasteiger partial charge in [-0.1, -0.05) is 41.5 Å². The molecule has 0 amide bonds. The lowest BCUT2D eigenvalue weighted by Gasteiger charge is -2.22. The van der Waals surface area contributed by atoms with E-state index in [0.29, 0.717) is 12.6 Å². The lowest BCUT2D eigenvalue weighted by molar-refractivity contribution is 0.453. The number of hydrogen-bond donors (Lipinski definition) is 2. The zero-order chi connectivity index (χ0) is 12.3. The van der Waals surface area contributed by atoms with E-state index in [4.69, 9.17) is 5.73 Å². The van der Waals surface area contributed by atoms with E-state index < -0.39 is 0 Å². The lowest BCUT2D eigenvalue weighted by atomic mass is 10.0. The molecule has 1 aromatic rings. The van der Waals surface area contributed by atoms with E-state index in [-0.39, 0.29) is 6.04 Å². The van der Waals surface area contributed by atoms with E-state index in [1.54, 1.807) is 0 Å². The summed E-state index contributed by atoms with van der Waals surface area (Å²) in [5.41, 5.74) is 9.84. The highest BCUT2D eigenvalue weighted by atomic mass is 15.0. The van der Waals surface area contributed by atoms with E-state index in [2.05, 4.69) is 49.5 Å². The second-order valence-corrected chi connectivity index (χ2v) is 5.02. The maximum absolute atomic E-state index is 5.90. The summed E-state index contributed by atoms with van der Waals surface area (Å²) in [5, 5.41) is 3.65. The molecule has 1 atom stereocenters. The summed E-state index contributed by atoms with van der Waals surface area (Å²) < 4.78 is 0. The summed E-state index contributed by atoms with van der Waals surface area (Å²) in [6.07, 6.45) is 6.74. The Morgan fingerprint density at radius 1 is 1.18 bits per heavy atom. The fourth-order valence-corrected chi connectivity index (χ4v) is 2.55. The first-order valence-electron chi connectivity index (χ1n) is 6.38. The van der Waals surface area contributed by atoms with Crippen molar-refractivity contribution in [1.29, 1.82) is 0 Å². The van der Waals surface area contributed by atoms with Crippen LogP contribution in [0.2, 0.25) is 0 Å². The van der Waals surface area contributed by atoms with Gasteiger partial charge in [-0.05, 0) is 32.3 Å². The van der Waals surface area contributed by atoms with Gasteiger partial charge in [0.2, 0.25) is 0 Å². The standard InChI is InChI=1S/C15H22N2/c1-11-7-12(2)9-13(8-11)15(10-16)17-14-5-3-4-6-14/h3-4,7-9,14-15,17H,5-6,10,16H2,1-2H3. The van der Waals surface area contributed by atoms with Crippen LogP contribution < -0.4 is 11.1 Å². The Morgan fingerprint density at radius 2 is 1.76 bits per heavy atom. The van der Waals surface area contributed by atoms with Crippen LogP contribution in [0, 0.1) is 13.8 Å². The van der Waals surface area contributed by atoms with Crippen LogP contribution >= 0.6 is 0 Å². The van der Waals surface area contributed by atoms with Crippen LogP contribution in [-0.2, 0) is 0 Å². The number of nitrogens with two attached hydrogens (primary N) is 1. The number of hydrogen-bond acceptors (Lipinski definition) is 2. The summed E-state index contributed by atoms with van der Waals surface area (Å²) in [6.45, 7) is 4.93. The van der Waals surface area contributed by atoms with Crippen molar-refractivity contribution in [2.45, 2.75) is 38.8 Å². The van der Waals surface area contributed by atoms with E-state index in [9.17, 15) is 0 Å². The van der Waals surface area contributed by atoms with E-state index >= 15 is 0 Å². The zero-order valence-corrected chi connectivity index (χ0v) is 10.7. The predicted octanol–water partition coefficient (Wildman–Crippen LogP) is 2.61. The monoisotopic (exact) mass is 230 g/mol. The van der Waals surface area contributed by atoms with Crippen LogP contribution in [-0.4, -0.2) is 12.6 Å². The van der Waals surface area contributed by atoms with Gasteiger partial charge in [0.15, 0.2) is 0 Å². The summed E-state index contributed by atoms with van der Waals surface area (Å²) in [7, 11) is 0. The lowest BCUT2D eigenvalue weighted by Crippen LogP contribution is -2.35. The van der Waals surface area contributed by atoms with Crippen molar-refractivity contribution < 1.29 is 0 Å². The molecule has 2 nitrogen and oxygen atoms in total. The Bertz CT molecular complexity index is 381. The minimum atomic E-state index is 0.276. The van der Waals surface area contributed by atoms with Gasteiger partial charge in [-0.25, -0.2) is 0 Å². The van der Waals surface area contributed by atoms with Crippen LogP contribution in [0.3, 0.4) is 0 Å². The average Bonchev–Trinajstić information content (AvgIpc) is 2.77. The molecule has 3 N–H and O–H groups in total. The van der Waals surface area contributed by atoms with E-state index in [1.165, 1.54) is 16.7 Å². The SMILES string of the molecule is Cc1cc(C)cc(C(CN)NC2CC=CC2)c1. The normalized spacial score (nSPS) is 17.6. The summed E-state index contributed by atoms with van der Waals surface area (Å²) in [6, 6.07) is 7.51. The fourth-order valence-electron chi connectivity index (χ4n) is 2.55. The molecule has 0 saturated heterocycles. The molecule has 1 aromatic carbocycles. The Hall–Kier alpha value is -1.12. The molecule has 0 bridgehead atoms. The molecular weight excluding hydrogens is 208 g/mol. The Morgan fingerprint density at radius 3 is 2.29 bits per heavy atom. The highest BCUT2D eigenvalue weighted by Crippen LogP contribution is 2.19. The van der Waals surface area contributed by atoms with Crippen molar-refractivity contribution >= 4 is 0 Å². The van der Waals surface area contributed by atoms with Gasteiger partial charge in [0.25, 0.3) is 0 Å². The van der Waals surface area contributed by atoms with Crippen molar-refractivity contribution in [3.63, 3.8) is 0 Å². The van der Waals surface area contributed by atoms with Gasteiger partial charge < -0.3 is 11.1 Å². The van der Waals surface area contributed by atoms with Crippen molar-refractivity contribution in [3.05, 3.63) is 47.0 Å². The van der Waals surface area contributed by atoms with Crippen LogP contribution in [0.4, 0.5) is 0 Å². The number of benzene rings is 1. The zero-order valence-electron chi connectivity index (χ0n) is 10.7. The molecule has 1 aliphatic rings. The third kappa shape index (κ3) is 3.18. The second kappa shape index (κ2) is 5.48. The van der Waals surface area contributed by atoms with Gasteiger partial charge in [-0.3, -0.25) is 0 Å². The first kappa shape index (κ1) is 12.3. The molecule has 0 aliphatic heterocycles. The van der Waals surface area contributed by atoms with Crippen LogP contribution in [0.1, 0.15) is 35.6 Å². The van der Waals surface area contributed by atoms with Gasteiger partial charge in [0.05, 0.1) is 0 Å². The smallest absolute Gasteiger partial charge is 0.0447 e. The third-order valence-corrected chi connectivity index (χ3v) is 3.33. The van der Waals surface area contributed by atoms with Crippen molar-refractivity contribution in [2.24, 2.45) is 5.73 Å². The average molecular weight is 230 g/mol. The van der Waals surface area contributed by atoms with E-state index in [1.807, 2.05) is 0 Å². The first-order valence-corrected chi connectivity index (χ1v) is 6.38. The molecule has 17 heavy (non-hydrogen) atoms. The molecule has 0 radical (unpaired) electrons. The van der Waals surface area contributed by atoms with Gasteiger partial charge in [0, 0.05) is 18.6 Å². The molecule has 0 saturated carbocycles. The highest BCUT2D eigenvalue weighted by Gasteiger charge is 2.16. The van der Waals surface area contributed by atoms with Gasteiger partial charge in [-0.15, -0.1) is 0 Å². The first-order chi connectivity index (χ1) is 8.19. The van der Waals surface area contributed by atoms with E-state index in [0.717, 1.165) is 12.8 Å².